The first kappa shape index (κ1) is 34.9. The topological polar surface area (TPSA) is 122 Å². The van der Waals surface area contributed by atoms with E-state index in [4.69, 9.17) is 4.43 Å². The van der Waals surface area contributed by atoms with Gasteiger partial charge in [-0.1, -0.05) is 71.0 Å². The number of likely N-dealkylation sites (tertiary alicyclic amines) is 1. The zero-order valence-corrected chi connectivity index (χ0v) is 31.8. The summed E-state index contributed by atoms with van der Waals surface area (Å²) in [6.45, 7) is 20.1. The number of hydrogen-bond acceptors (Lipinski definition) is 8. The number of aromatic nitrogens is 4. The molecule has 260 valence electrons. The highest BCUT2D eigenvalue weighted by atomic mass is 32.1. The van der Waals surface area contributed by atoms with Crippen LogP contribution in [0.3, 0.4) is 0 Å². The van der Waals surface area contributed by atoms with Crippen LogP contribution in [0, 0.1) is 17.8 Å². The lowest BCUT2D eigenvalue weighted by Gasteiger charge is -2.69. The molecule has 3 heterocycles. The fourth-order valence-electron chi connectivity index (χ4n) is 7.75. The average molecular weight is 693 g/mol. The predicted molar refractivity (Wildman–Crippen MR) is 190 cm³/mol. The van der Waals surface area contributed by atoms with Crippen molar-refractivity contribution in [3.05, 3.63) is 52.9 Å². The summed E-state index contributed by atoms with van der Waals surface area (Å²) in [5.74, 6) is -0.323. The molecule has 4 fully saturated rings. The Morgan fingerprint density at radius 2 is 1.79 bits per heavy atom. The molecule has 3 atom stereocenters. The van der Waals surface area contributed by atoms with E-state index in [0.717, 1.165) is 46.7 Å². The van der Waals surface area contributed by atoms with Crippen molar-refractivity contribution in [1.29, 1.82) is 0 Å². The first-order chi connectivity index (χ1) is 22.4. The fraction of sp³-hybridized carbons (Fsp3) is 0.639. The van der Waals surface area contributed by atoms with E-state index < -0.39 is 25.8 Å². The number of nitrogens with zero attached hydrogens (tertiary/aromatic N) is 5. The van der Waals surface area contributed by atoms with Crippen LogP contribution in [-0.4, -0.2) is 75.4 Å². The highest BCUT2D eigenvalue weighted by Gasteiger charge is 2.69. The van der Waals surface area contributed by atoms with Gasteiger partial charge in [0.05, 0.1) is 27.9 Å². The molecule has 10 nitrogen and oxygen atoms in total. The molecule has 1 saturated heterocycles. The van der Waals surface area contributed by atoms with E-state index in [1.54, 1.807) is 20.9 Å². The number of aliphatic hydroxyl groups is 1. The van der Waals surface area contributed by atoms with Crippen molar-refractivity contribution in [2.75, 3.05) is 13.2 Å². The molecule has 3 aliphatic carbocycles. The number of benzene rings is 1. The van der Waals surface area contributed by atoms with Gasteiger partial charge >= 0.3 is 0 Å². The Hall–Kier alpha value is -2.93. The minimum atomic E-state index is -2.17. The second-order valence-corrected chi connectivity index (χ2v) is 22.9. The van der Waals surface area contributed by atoms with Crippen LogP contribution in [0.25, 0.3) is 10.4 Å². The van der Waals surface area contributed by atoms with Crippen molar-refractivity contribution in [3.8, 4) is 10.4 Å². The molecule has 1 aliphatic heterocycles. The highest BCUT2D eigenvalue weighted by molar-refractivity contribution is 7.13. The molecule has 2 bridgehead atoms. The van der Waals surface area contributed by atoms with Gasteiger partial charge in [-0.25, -0.2) is 9.67 Å². The van der Waals surface area contributed by atoms with E-state index in [0.29, 0.717) is 19.5 Å². The van der Waals surface area contributed by atoms with Gasteiger partial charge in [-0.2, -0.15) is 0 Å². The Morgan fingerprint density at radius 3 is 2.35 bits per heavy atom. The minimum Gasteiger partial charge on any atom is -0.412 e. The Balaban J connectivity index is 1.22. The summed E-state index contributed by atoms with van der Waals surface area (Å²) in [6.07, 6.45) is 4.88. The van der Waals surface area contributed by atoms with Crippen LogP contribution in [0.1, 0.15) is 90.2 Å². The Kier molecular flexibility index (Phi) is 8.83. The van der Waals surface area contributed by atoms with Crippen LogP contribution in [-0.2, 0) is 26.0 Å². The number of nitrogens with one attached hydrogen (secondary N) is 1. The standard InChI is InChI=1S/C36H52N6O4SSi/c1-23-29(47-22-38-23)25-12-10-24(11-13-25)15-37-31(44)27-14-26(46-48(8,9)34(5,6)7)16-41(27)32(45)30(33(2,3)4)42-17-28(39-40-42)36-18-35(19-36,20-36)21-43/h10-13,17,22,26-27,30,43H,14-16,18-21H2,1-9H3,(H,37,44)/t26-,27+,30-,35?,36?/m1/s1. The molecule has 12 heteroatoms. The first-order valence-corrected chi connectivity index (χ1v) is 20.9. The molecule has 48 heavy (non-hydrogen) atoms. The van der Waals surface area contributed by atoms with E-state index in [1.807, 2.05) is 51.5 Å². The number of amides is 2. The SMILES string of the molecule is Cc1ncsc1-c1ccc(CNC(=O)[C@@H]2C[C@@H](O[Si](C)(C)C(C)(C)C)CN2C(=O)[C@@H](n2cc(C34CC(CO)(C3)C4)nn2)C(C)(C)C)cc1. The maximum Gasteiger partial charge on any atom is 0.248 e. The summed E-state index contributed by atoms with van der Waals surface area (Å²) in [7, 11) is -2.17. The van der Waals surface area contributed by atoms with Gasteiger partial charge in [-0.15, -0.1) is 16.4 Å². The normalized spacial score (nSPS) is 26.2. The van der Waals surface area contributed by atoms with Crippen molar-refractivity contribution in [2.24, 2.45) is 10.8 Å². The lowest BCUT2D eigenvalue weighted by Crippen LogP contribution is -2.66. The molecule has 0 unspecified atom stereocenters. The largest absolute Gasteiger partial charge is 0.412 e. The number of carbonyl (C=O) groups is 2. The van der Waals surface area contributed by atoms with E-state index in [-0.39, 0.29) is 40.4 Å². The summed E-state index contributed by atoms with van der Waals surface area (Å²) >= 11 is 1.62. The van der Waals surface area contributed by atoms with Gasteiger partial charge in [0, 0.05) is 37.7 Å². The van der Waals surface area contributed by atoms with Crippen LogP contribution in [0.15, 0.2) is 36.0 Å². The van der Waals surface area contributed by atoms with Gasteiger partial charge in [0.1, 0.15) is 12.1 Å². The fourth-order valence-corrected chi connectivity index (χ4v) is 9.92. The van der Waals surface area contributed by atoms with Crippen molar-refractivity contribution in [1.82, 2.24) is 30.2 Å². The highest BCUT2D eigenvalue weighted by Crippen LogP contribution is 2.73. The third-order valence-corrected chi connectivity index (χ3v) is 16.9. The number of hydrogen-bond donors (Lipinski definition) is 2. The Bertz CT molecular complexity index is 1650. The quantitative estimate of drug-likeness (QED) is 0.249. The molecule has 2 amide bonds. The minimum absolute atomic E-state index is 0.00673. The zero-order valence-electron chi connectivity index (χ0n) is 30.0. The molecule has 3 saturated carbocycles. The number of thiazole rings is 1. The van der Waals surface area contributed by atoms with Gasteiger partial charge in [-0.05, 0) is 66.3 Å². The lowest BCUT2D eigenvalue weighted by molar-refractivity contribution is -0.170. The van der Waals surface area contributed by atoms with Crippen LogP contribution in [0.4, 0.5) is 0 Å². The Labute approximate surface area is 289 Å². The van der Waals surface area contributed by atoms with Gasteiger partial charge in [0.15, 0.2) is 8.32 Å². The number of carbonyl (C=O) groups excluding carboxylic acids is 2. The van der Waals surface area contributed by atoms with Crippen LogP contribution in [0.5, 0.6) is 0 Å². The second-order valence-electron chi connectivity index (χ2n) is 17.2. The lowest BCUT2D eigenvalue weighted by atomic mass is 9.34. The van der Waals surface area contributed by atoms with E-state index in [1.165, 1.54) is 0 Å². The van der Waals surface area contributed by atoms with Crippen molar-refractivity contribution < 1.29 is 19.1 Å². The van der Waals surface area contributed by atoms with Crippen molar-refractivity contribution >= 4 is 31.5 Å². The molecular formula is C36H52N6O4SSi. The van der Waals surface area contributed by atoms with E-state index in [9.17, 15) is 14.7 Å². The smallest absolute Gasteiger partial charge is 0.248 e. The van der Waals surface area contributed by atoms with E-state index >= 15 is 0 Å². The van der Waals surface area contributed by atoms with E-state index in [2.05, 4.69) is 66.6 Å². The molecule has 3 aromatic rings. The monoisotopic (exact) mass is 692 g/mol. The van der Waals surface area contributed by atoms with Gasteiger partial charge in [0.25, 0.3) is 0 Å². The average Bonchev–Trinajstić information content (AvgIpc) is 3.70. The molecule has 2 N–H and O–H groups in total. The van der Waals surface area contributed by atoms with Crippen molar-refractivity contribution in [2.45, 2.75) is 122 Å². The number of rotatable bonds is 10. The van der Waals surface area contributed by atoms with Crippen LogP contribution >= 0.6 is 11.3 Å². The maximum absolute atomic E-state index is 14.7. The summed E-state index contributed by atoms with van der Waals surface area (Å²) in [6, 6.07) is 6.87. The van der Waals surface area contributed by atoms with Gasteiger partial charge in [0.2, 0.25) is 11.8 Å². The van der Waals surface area contributed by atoms with Gasteiger partial charge < -0.3 is 19.7 Å². The number of aliphatic hydroxyl groups excluding tert-OH is 1. The Morgan fingerprint density at radius 1 is 1.12 bits per heavy atom. The summed E-state index contributed by atoms with van der Waals surface area (Å²) < 4.78 is 8.53. The molecular weight excluding hydrogens is 641 g/mol. The number of aryl methyl sites for hydroxylation is 1. The van der Waals surface area contributed by atoms with Crippen LogP contribution < -0.4 is 5.32 Å². The first-order valence-electron chi connectivity index (χ1n) is 17.2. The van der Waals surface area contributed by atoms with Crippen LogP contribution in [0.2, 0.25) is 18.1 Å². The maximum atomic E-state index is 14.7. The molecule has 0 spiro atoms. The molecule has 2 aromatic heterocycles. The second kappa shape index (κ2) is 12.1. The molecule has 0 radical (unpaired) electrons. The molecule has 1 aromatic carbocycles. The van der Waals surface area contributed by atoms with Crippen molar-refractivity contribution in [3.63, 3.8) is 0 Å². The summed E-state index contributed by atoms with van der Waals surface area (Å²) in [4.78, 5) is 35.9. The summed E-state index contributed by atoms with van der Waals surface area (Å²) in [5.41, 5.74) is 5.35. The predicted octanol–water partition coefficient (Wildman–Crippen LogP) is 6.02. The molecule has 7 rings (SSSR count). The third-order valence-electron chi connectivity index (χ3n) is 11.4. The zero-order chi connectivity index (χ0) is 34.9. The third kappa shape index (κ3) is 6.29. The summed E-state index contributed by atoms with van der Waals surface area (Å²) in [5, 5.41) is 22.0. The van der Waals surface area contributed by atoms with Gasteiger partial charge in [-0.3, -0.25) is 9.59 Å². The molecule has 4 aliphatic rings.